The number of alkyl halides is 3. The Balaban J connectivity index is 1.24. The fourth-order valence-electron chi connectivity index (χ4n) is 3.62. The van der Waals surface area contributed by atoms with Gasteiger partial charge in [-0.1, -0.05) is 0 Å². The molecule has 0 fully saturated rings. The van der Waals surface area contributed by atoms with Crippen LogP contribution in [0.4, 0.5) is 19.0 Å². The number of nitro groups is 1. The first kappa shape index (κ1) is 23.1. The maximum atomic E-state index is 12.4. The van der Waals surface area contributed by atoms with E-state index >= 15 is 0 Å². The zero-order valence-corrected chi connectivity index (χ0v) is 18.4. The number of fused-ring (bicyclic) bond motifs is 1. The van der Waals surface area contributed by atoms with Gasteiger partial charge in [0.05, 0.1) is 12.2 Å². The summed E-state index contributed by atoms with van der Waals surface area (Å²) in [5.41, 5.74) is 0.314. The van der Waals surface area contributed by atoms with Crippen molar-refractivity contribution < 1.29 is 32.3 Å². The first-order valence-electron chi connectivity index (χ1n) is 10.4. The van der Waals surface area contributed by atoms with Gasteiger partial charge in [-0.25, -0.2) is 0 Å². The molecule has 0 saturated carbocycles. The average molecular weight is 503 g/mol. The molecule has 15 heteroatoms. The van der Waals surface area contributed by atoms with E-state index in [-0.39, 0.29) is 24.2 Å². The first-order chi connectivity index (χ1) is 17.1. The molecule has 4 aromatic rings. The zero-order chi connectivity index (χ0) is 25.5. The van der Waals surface area contributed by atoms with Gasteiger partial charge < -0.3 is 24.3 Å². The largest absolute Gasteiger partial charge is 0.573 e. The van der Waals surface area contributed by atoms with Crippen molar-refractivity contribution in [2.45, 2.75) is 25.4 Å². The van der Waals surface area contributed by atoms with Gasteiger partial charge in [0.1, 0.15) is 24.3 Å². The quantitative estimate of drug-likeness (QED) is 0.274. The lowest BCUT2D eigenvalue weighted by Crippen LogP contribution is -2.38. The summed E-state index contributed by atoms with van der Waals surface area (Å²) in [6.07, 6.45) is -3.47. The molecule has 0 radical (unpaired) electrons. The van der Waals surface area contributed by atoms with E-state index in [1.165, 1.54) is 35.1 Å². The Bertz CT molecular complexity index is 1380. The smallest absolute Gasteiger partial charge is 0.489 e. The summed E-state index contributed by atoms with van der Waals surface area (Å²) in [5, 5.41) is 22.4. The molecular formula is C21H16F3N7O5. The molecule has 0 N–H and O–H groups in total. The molecule has 0 bridgehead atoms. The number of halogens is 3. The van der Waals surface area contributed by atoms with E-state index in [2.05, 4.69) is 25.2 Å². The number of hydrogen-bond donors (Lipinski definition) is 0. The summed E-state index contributed by atoms with van der Waals surface area (Å²) >= 11 is 0. The summed E-state index contributed by atoms with van der Waals surface area (Å²) in [6, 6.07) is 12.2. The molecule has 5 rings (SSSR count). The third kappa shape index (κ3) is 4.75. The Kier molecular flexibility index (Phi) is 5.45. The van der Waals surface area contributed by atoms with Crippen LogP contribution in [0, 0.1) is 10.1 Å². The van der Waals surface area contributed by atoms with E-state index in [0.29, 0.717) is 29.4 Å². The van der Waals surface area contributed by atoms with Crippen molar-refractivity contribution in [3.63, 3.8) is 0 Å². The molecule has 2 aromatic heterocycles. The van der Waals surface area contributed by atoms with Crippen LogP contribution in [-0.4, -0.2) is 53.3 Å². The van der Waals surface area contributed by atoms with Crippen molar-refractivity contribution >= 4 is 5.82 Å². The van der Waals surface area contributed by atoms with E-state index in [9.17, 15) is 23.3 Å². The van der Waals surface area contributed by atoms with Crippen molar-refractivity contribution in [3.05, 3.63) is 64.8 Å². The summed E-state index contributed by atoms with van der Waals surface area (Å²) < 4.78 is 55.6. The van der Waals surface area contributed by atoms with E-state index in [4.69, 9.17) is 9.47 Å². The van der Waals surface area contributed by atoms with Crippen LogP contribution in [-0.2, 0) is 6.54 Å². The van der Waals surface area contributed by atoms with Gasteiger partial charge in [-0.3, -0.25) is 4.57 Å². The Morgan fingerprint density at radius 2 is 1.83 bits per heavy atom. The fraction of sp³-hybridized carbons (Fsp3) is 0.238. The van der Waals surface area contributed by atoms with Crippen LogP contribution in [0.1, 0.15) is 6.92 Å². The predicted octanol–water partition coefficient (Wildman–Crippen LogP) is 3.56. The molecule has 0 saturated heterocycles. The number of tetrazole rings is 1. The highest BCUT2D eigenvalue weighted by Gasteiger charge is 2.41. The second kappa shape index (κ2) is 8.51. The SMILES string of the molecule is C[C@]1(COc2ccc(-n3nnnc3-c3ccc(OC(F)(F)F)cc3)cc2)Cn2cc([N+](=O)[O-])nc2O1. The number of nitrogens with zero attached hydrogens (tertiary/aromatic N) is 7. The van der Waals surface area contributed by atoms with Gasteiger partial charge in [-0.05, 0) is 70.8 Å². The Labute approximate surface area is 200 Å². The lowest BCUT2D eigenvalue weighted by Gasteiger charge is -2.22. The van der Waals surface area contributed by atoms with Crippen LogP contribution in [0.15, 0.2) is 54.7 Å². The summed E-state index contributed by atoms with van der Waals surface area (Å²) in [5.74, 6) is 0.213. The van der Waals surface area contributed by atoms with E-state index in [0.717, 1.165) is 0 Å². The third-order valence-corrected chi connectivity index (χ3v) is 5.20. The van der Waals surface area contributed by atoms with Crippen molar-refractivity contribution in [1.82, 2.24) is 29.8 Å². The molecule has 186 valence electrons. The Morgan fingerprint density at radius 1 is 1.14 bits per heavy atom. The van der Waals surface area contributed by atoms with Gasteiger partial charge in [-0.15, -0.1) is 18.3 Å². The lowest BCUT2D eigenvalue weighted by atomic mass is 10.1. The molecule has 0 amide bonds. The van der Waals surface area contributed by atoms with Crippen LogP contribution >= 0.6 is 0 Å². The van der Waals surface area contributed by atoms with Crippen molar-refractivity contribution in [1.29, 1.82) is 0 Å². The minimum atomic E-state index is -4.78. The maximum absolute atomic E-state index is 12.4. The molecular weight excluding hydrogens is 487 g/mol. The Hall–Kier alpha value is -4.69. The van der Waals surface area contributed by atoms with Gasteiger partial charge in [-0.2, -0.15) is 4.68 Å². The monoisotopic (exact) mass is 503 g/mol. The highest BCUT2D eigenvalue weighted by atomic mass is 19.4. The minimum absolute atomic E-state index is 0.159. The second-order valence-electron chi connectivity index (χ2n) is 8.09. The Morgan fingerprint density at radius 3 is 2.47 bits per heavy atom. The molecule has 0 spiro atoms. The van der Waals surface area contributed by atoms with Gasteiger partial charge in [0, 0.05) is 10.5 Å². The highest BCUT2D eigenvalue weighted by Crippen LogP contribution is 2.32. The van der Waals surface area contributed by atoms with Gasteiger partial charge >= 0.3 is 18.2 Å². The predicted molar refractivity (Wildman–Crippen MR) is 115 cm³/mol. The maximum Gasteiger partial charge on any atom is 0.573 e. The van der Waals surface area contributed by atoms with Crippen LogP contribution in [0.25, 0.3) is 17.1 Å². The molecule has 0 aliphatic carbocycles. The van der Waals surface area contributed by atoms with Crippen LogP contribution in [0.5, 0.6) is 17.5 Å². The number of hydrogen-bond acceptors (Lipinski definition) is 9. The van der Waals surface area contributed by atoms with Crippen LogP contribution < -0.4 is 14.2 Å². The van der Waals surface area contributed by atoms with Crippen molar-refractivity contribution in [2.24, 2.45) is 0 Å². The summed E-state index contributed by atoms with van der Waals surface area (Å²) in [4.78, 5) is 14.1. The van der Waals surface area contributed by atoms with Crippen LogP contribution in [0.3, 0.4) is 0 Å². The number of benzene rings is 2. The lowest BCUT2D eigenvalue weighted by molar-refractivity contribution is -0.389. The average Bonchev–Trinajstić information content (AvgIpc) is 3.52. The molecule has 1 atom stereocenters. The highest BCUT2D eigenvalue weighted by molar-refractivity contribution is 5.58. The topological polar surface area (TPSA) is 132 Å². The number of ether oxygens (including phenoxy) is 3. The van der Waals surface area contributed by atoms with Gasteiger partial charge in [0.15, 0.2) is 11.4 Å². The molecule has 3 heterocycles. The number of aromatic nitrogens is 6. The zero-order valence-electron chi connectivity index (χ0n) is 18.4. The molecule has 1 aliphatic heterocycles. The van der Waals surface area contributed by atoms with Crippen molar-refractivity contribution in [3.8, 4) is 34.6 Å². The second-order valence-corrected chi connectivity index (χ2v) is 8.09. The fourth-order valence-corrected chi connectivity index (χ4v) is 3.62. The van der Waals surface area contributed by atoms with Crippen molar-refractivity contribution in [2.75, 3.05) is 6.61 Å². The van der Waals surface area contributed by atoms with E-state index in [1.54, 1.807) is 35.8 Å². The minimum Gasteiger partial charge on any atom is -0.489 e. The van der Waals surface area contributed by atoms with Crippen LogP contribution in [0.2, 0.25) is 0 Å². The van der Waals surface area contributed by atoms with Gasteiger partial charge in [0.25, 0.3) is 0 Å². The van der Waals surface area contributed by atoms with E-state index < -0.39 is 16.9 Å². The van der Waals surface area contributed by atoms with E-state index in [1.807, 2.05) is 0 Å². The normalized spacial score (nSPS) is 16.9. The molecule has 2 aromatic carbocycles. The molecule has 0 unspecified atom stereocenters. The third-order valence-electron chi connectivity index (χ3n) is 5.20. The number of rotatable bonds is 7. The summed E-state index contributed by atoms with van der Waals surface area (Å²) in [6.45, 7) is 2.30. The molecule has 1 aliphatic rings. The standard InChI is InChI=1S/C21H16F3N7O5/c1-20(11-29-10-17(31(32)33)25-19(29)36-20)12-34-15-8-4-14(5-9-15)30-18(26-27-28-30)13-2-6-16(7-3-13)35-21(22,23)24/h2-10H,11-12H2,1H3/t20-/m1/s1. The number of imidazole rings is 1. The molecule has 12 nitrogen and oxygen atoms in total. The van der Waals surface area contributed by atoms with Gasteiger partial charge in [0.2, 0.25) is 0 Å². The molecule has 36 heavy (non-hydrogen) atoms. The summed E-state index contributed by atoms with van der Waals surface area (Å²) in [7, 11) is 0. The first-order valence-corrected chi connectivity index (χ1v) is 10.4.